The molecule has 0 saturated heterocycles. The summed E-state index contributed by atoms with van der Waals surface area (Å²) in [5.41, 5.74) is -2.49. The minimum Gasteiger partial charge on any atom is -0.309 e. The van der Waals surface area contributed by atoms with Crippen LogP contribution in [0.2, 0.25) is 5.02 Å². The van der Waals surface area contributed by atoms with E-state index in [1.165, 1.54) is 0 Å². The lowest BCUT2D eigenvalue weighted by atomic mass is 9.99. The van der Waals surface area contributed by atoms with Gasteiger partial charge in [0.05, 0.1) is 33.0 Å². The van der Waals surface area contributed by atoms with E-state index in [0.717, 1.165) is 4.57 Å². The highest BCUT2D eigenvalue weighted by molar-refractivity contribution is 6.31. The van der Waals surface area contributed by atoms with E-state index in [0.29, 0.717) is 0 Å². The second-order valence-corrected chi connectivity index (χ2v) is 5.57. The SMILES string of the molecule is [2H]c1c([2H])c([2H])c(-n2c3c([2H])c([2H])c([2H])c([2H])c3c3c(-c4c([2H])c([2H])c([2H])c(Cl)c4[2H])c([2H])c([2H])c([2H])c32)c([2H])c1[2H]. The molecule has 1 nitrogen and oxygen atoms in total. The first-order chi connectivity index (χ1) is 19.5. The molecule has 0 amide bonds. The van der Waals surface area contributed by atoms with Gasteiger partial charge in [-0.2, -0.15) is 0 Å². The number of para-hydroxylation sites is 2. The Balaban J connectivity index is 2.26. The molecule has 0 unspecified atom stereocenters. The molecule has 124 valence electrons. The Bertz CT molecular complexity index is 2010. The monoisotopic (exact) mass is 369 g/mol. The summed E-state index contributed by atoms with van der Waals surface area (Å²) >= 11 is 6.14. The maximum Gasteiger partial charge on any atom is 0.0645 e. The predicted molar refractivity (Wildman–Crippen MR) is 111 cm³/mol. The van der Waals surface area contributed by atoms with Crippen molar-refractivity contribution in [2.45, 2.75) is 0 Å². The highest BCUT2D eigenvalue weighted by Gasteiger charge is 2.15. The van der Waals surface area contributed by atoms with E-state index in [9.17, 15) is 0 Å². The molecule has 26 heavy (non-hydrogen) atoms. The molecule has 0 aliphatic heterocycles. The molecule has 4 aromatic carbocycles. The summed E-state index contributed by atoms with van der Waals surface area (Å²) in [4.78, 5) is 0. The molecule has 1 aromatic heterocycles. The lowest BCUT2D eigenvalue weighted by Gasteiger charge is -2.08. The van der Waals surface area contributed by atoms with E-state index in [1.807, 2.05) is 0 Å². The molecule has 0 N–H and O–H groups in total. The lowest BCUT2D eigenvalue weighted by Crippen LogP contribution is -1.92. The van der Waals surface area contributed by atoms with E-state index in [2.05, 4.69) is 0 Å². The van der Waals surface area contributed by atoms with Crippen molar-refractivity contribution in [1.82, 2.24) is 4.57 Å². The number of nitrogens with zero attached hydrogens (tertiary/aromatic N) is 1. The van der Waals surface area contributed by atoms with Crippen LogP contribution < -0.4 is 0 Å². The fraction of sp³-hybridized carbons (Fsp3) is 0. The van der Waals surface area contributed by atoms with Crippen molar-refractivity contribution >= 4 is 33.4 Å². The standard InChI is InChI=1S/C24H16ClN/c25-18-9-6-8-17(16-18)20-13-7-15-23-24(20)21-12-4-5-14-22(21)26(23)19-10-2-1-3-11-19/h1-16H/i1D,2D,3D,4D,5D,6D,7D,8D,9D,10D,11D,12D,13D,14D,15D,16D. The van der Waals surface area contributed by atoms with Gasteiger partial charge in [0, 0.05) is 21.5 Å². The van der Waals surface area contributed by atoms with Crippen LogP contribution >= 0.6 is 11.6 Å². The van der Waals surface area contributed by atoms with Gasteiger partial charge in [-0.1, -0.05) is 72.0 Å². The number of fused-ring (bicyclic) bond motifs is 3. The fourth-order valence-corrected chi connectivity index (χ4v) is 2.93. The van der Waals surface area contributed by atoms with E-state index in [1.54, 1.807) is 0 Å². The second-order valence-electron chi connectivity index (χ2n) is 5.20. The van der Waals surface area contributed by atoms with Crippen LogP contribution in [0.1, 0.15) is 21.9 Å². The van der Waals surface area contributed by atoms with Gasteiger partial charge in [-0.05, 0) is 47.4 Å². The third-order valence-electron chi connectivity index (χ3n) is 3.78. The summed E-state index contributed by atoms with van der Waals surface area (Å²) in [6.07, 6.45) is 0. The summed E-state index contributed by atoms with van der Waals surface area (Å²) in [7, 11) is 0. The average molecular weight is 370 g/mol. The van der Waals surface area contributed by atoms with Crippen LogP contribution in [0.15, 0.2) is 96.7 Å². The van der Waals surface area contributed by atoms with Gasteiger partial charge in [-0.3, -0.25) is 0 Å². The summed E-state index contributed by atoms with van der Waals surface area (Å²) < 4.78 is 136. The van der Waals surface area contributed by atoms with E-state index in [-0.39, 0.29) is 10.8 Å². The summed E-state index contributed by atoms with van der Waals surface area (Å²) in [5.74, 6) is 0. The number of hydrogen-bond acceptors (Lipinski definition) is 0. The molecule has 1 heterocycles. The van der Waals surface area contributed by atoms with Crippen molar-refractivity contribution in [1.29, 1.82) is 0 Å². The molecule has 0 aliphatic rings. The van der Waals surface area contributed by atoms with Crippen molar-refractivity contribution < 1.29 is 21.9 Å². The highest BCUT2D eigenvalue weighted by Crippen LogP contribution is 2.38. The first kappa shape index (κ1) is 6.00. The summed E-state index contributed by atoms with van der Waals surface area (Å²) in [6.45, 7) is 0. The van der Waals surface area contributed by atoms with Crippen LogP contribution in [0.3, 0.4) is 0 Å². The molecule has 0 radical (unpaired) electrons. The molecular weight excluding hydrogens is 338 g/mol. The Labute approximate surface area is 179 Å². The van der Waals surface area contributed by atoms with Gasteiger partial charge in [0.25, 0.3) is 0 Å². The Hall–Kier alpha value is -3.03. The van der Waals surface area contributed by atoms with Gasteiger partial charge in [-0.15, -0.1) is 0 Å². The number of benzene rings is 4. The molecule has 0 atom stereocenters. The number of rotatable bonds is 2. The Morgan fingerprint density at radius 1 is 0.692 bits per heavy atom. The van der Waals surface area contributed by atoms with Crippen molar-refractivity contribution in [3.63, 3.8) is 0 Å². The number of aromatic nitrogens is 1. The molecular formula is C24H16ClN. The number of halogens is 1. The van der Waals surface area contributed by atoms with Gasteiger partial charge in [0.2, 0.25) is 0 Å². The first-order valence-electron chi connectivity index (χ1n) is 15.4. The molecule has 5 rings (SSSR count). The van der Waals surface area contributed by atoms with Gasteiger partial charge in [-0.25, -0.2) is 0 Å². The average Bonchev–Trinajstić information content (AvgIpc) is 3.31. The van der Waals surface area contributed by atoms with Gasteiger partial charge < -0.3 is 4.57 Å². The fourth-order valence-electron chi connectivity index (χ4n) is 2.79. The predicted octanol–water partition coefficient (Wildman–Crippen LogP) is 7.10. The van der Waals surface area contributed by atoms with Crippen molar-refractivity contribution in [2.75, 3.05) is 0 Å². The zero-order valence-electron chi connectivity index (χ0n) is 28.8. The van der Waals surface area contributed by atoms with E-state index in [4.69, 9.17) is 33.5 Å². The van der Waals surface area contributed by atoms with Crippen LogP contribution in [0.25, 0.3) is 38.6 Å². The van der Waals surface area contributed by atoms with Crippen LogP contribution in [-0.2, 0) is 0 Å². The minimum atomic E-state index is -0.805. The highest BCUT2D eigenvalue weighted by atomic mass is 35.5. The van der Waals surface area contributed by atoms with Crippen LogP contribution in [-0.4, -0.2) is 4.57 Å². The third kappa shape index (κ3) is 2.33. The molecule has 2 heteroatoms. The van der Waals surface area contributed by atoms with Gasteiger partial charge in [0.15, 0.2) is 0 Å². The zero-order valence-corrected chi connectivity index (χ0v) is 13.6. The summed E-state index contributed by atoms with van der Waals surface area (Å²) in [6, 6.07) is -11.9. The van der Waals surface area contributed by atoms with Crippen LogP contribution in [0.4, 0.5) is 0 Å². The minimum absolute atomic E-state index is 0.356. The van der Waals surface area contributed by atoms with Gasteiger partial charge >= 0.3 is 0 Å². The van der Waals surface area contributed by atoms with E-state index < -0.39 is 130 Å². The van der Waals surface area contributed by atoms with Crippen LogP contribution in [0, 0.1) is 0 Å². The molecule has 0 fully saturated rings. The Kier molecular flexibility index (Phi) is 1.40. The topological polar surface area (TPSA) is 4.93 Å². The lowest BCUT2D eigenvalue weighted by molar-refractivity contribution is 1.18. The van der Waals surface area contributed by atoms with E-state index >= 15 is 0 Å². The Morgan fingerprint density at radius 3 is 2.31 bits per heavy atom. The zero-order chi connectivity index (χ0) is 31.4. The van der Waals surface area contributed by atoms with Gasteiger partial charge in [0.1, 0.15) is 0 Å². The second kappa shape index (κ2) is 6.05. The number of hydrogen-bond donors (Lipinski definition) is 0. The molecule has 0 bridgehead atoms. The quantitative estimate of drug-likeness (QED) is 0.312. The van der Waals surface area contributed by atoms with Crippen molar-refractivity contribution in [2.24, 2.45) is 0 Å². The molecule has 5 aromatic rings. The Morgan fingerprint density at radius 2 is 1.42 bits per heavy atom. The molecule has 0 spiro atoms. The maximum atomic E-state index is 8.79. The van der Waals surface area contributed by atoms with Crippen molar-refractivity contribution in [3.05, 3.63) is 102 Å². The first-order valence-corrected chi connectivity index (χ1v) is 7.74. The normalized spacial score (nSPS) is 19.9. The third-order valence-corrected chi connectivity index (χ3v) is 3.96. The largest absolute Gasteiger partial charge is 0.309 e. The smallest absolute Gasteiger partial charge is 0.0645 e. The summed E-state index contributed by atoms with van der Waals surface area (Å²) in [5, 5.41) is -1.29. The maximum absolute atomic E-state index is 8.79. The van der Waals surface area contributed by atoms with Crippen LogP contribution in [0.5, 0.6) is 0 Å². The molecule has 0 aliphatic carbocycles. The van der Waals surface area contributed by atoms with Crippen molar-refractivity contribution in [3.8, 4) is 16.8 Å². The molecule has 0 saturated carbocycles.